The van der Waals surface area contributed by atoms with Gasteiger partial charge in [-0.25, -0.2) is 4.98 Å². The molecule has 0 spiro atoms. The highest BCUT2D eigenvalue weighted by atomic mass is 32.1. The Labute approximate surface area is 178 Å². The van der Waals surface area contributed by atoms with E-state index in [0.29, 0.717) is 30.1 Å². The number of nitriles is 1. The van der Waals surface area contributed by atoms with Crippen LogP contribution in [0.25, 0.3) is 11.0 Å². The maximum atomic E-state index is 12.5. The average Bonchev–Trinajstić information content (AvgIpc) is 3.31. The number of carbonyl (C=O) groups is 1. The Morgan fingerprint density at radius 2 is 2.30 bits per heavy atom. The number of morpholine rings is 1. The summed E-state index contributed by atoms with van der Waals surface area (Å²) in [6.45, 7) is 5.96. The Hall–Kier alpha value is -2.89. The molecule has 0 unspecified atom stereocenters. The Kier molecular flexibility index (Phi) is 4.53. The van der Waals surface area contributed by atoms with Crippen molar-refractivity contribution in [3.05, 3.63) is 46.2 Å². The number of hydrogen-bond donors (Lipinski definition) is 1. The molecular weight excluding hydrogens is 400 g/mol. The highest BCUT2D eigenvalue weighted by Gasteiger charge is 2.35. The van der Waals surface area contributed by atoms with E-state index in [0.717, 1.165) is 40.3 Å². The van der Waals surface area contributed by atoms with E-state index in [9.17, 15) is 10.1 Å². The molecule has 0 aliphatic carbocycles. The van der Waals surface area contributed by atoms with E-state index >= 15 is 0 Å². The summed E-state index contributed by atoms with van der Waals surface area (Å²) in [6, 6.07) is 7.74. The molecule has 30 heavy (non-hydrogen) atoms. The van der Waals surface area contributed by atoms with Crippen molar-refractivity contribution in [2.45, 2.75) is 38.3 Å². The molecule has 0 radical (unpaired) electrons. The fourth-order valence-corrected chi connectivity index (χ4v) is 5.30. The zero-order chi connectivity index (χ0) is 20.9. The molecule has 2 aromatic heterocycles. The predicted octanol–water partition coefficient (Wildman–Crippen LogP) is 3.27. The summed E-state index contributed by atoms with van der Waals surface area (Å²) in [7, 11) is 0. The van der Waals surface area contributed by atoms with Gasteiger partial charge >= 0.3 is 0 Å². The molecule has 2 aliphatic heterocycles. The van der Waals surface area contributed by atoms with Crippen molar-refractivity contribution in [1.29, 1.82) is 5.26 Å². The Morgan fingerprint density at radius 1 is 1.43 bits per heavy atom. The van der Waals surface area contributed by atoms with Gasteiger partial charge in [0.25, 0.3) is 5.91 Å². The minimum atomic E-state index is -0.284. The van der Waals surface area contributed by atoms with Gasteiger partial charge in [-0.2, -0.15) is 5.26 Å². The van der Waals surface area contributed by atoms with Gasteiger partial charge in [-0.1, -0.05) is 11.3 Å². The number of carbonyl (C=O) groups excluding carboxylic acids is 1. The van der Waals surface area contributed by atoms with Crippen molar-refractivity contribution in [2.24, 2.45) is 0 Å². The molecule has 154 valence electrons. The molecule has 1 N–H and O–H groups in total. The van der Waals surface area contributed by atoms with Crippen molar-refractivity contribution in [1.82, 2.24) is 10.3 Å². The van der Waals surface area contributed by atoms with Crippen molar-refractivity contribution in [3.8, 4) is 6.07 Å². The molecule has 7 nitrogen and oxygen atoms in total. The quantitative estimate of drug-likeness (QED) is 0.697. The van der Waals surface area contributed by atoms with Crippen LogP contribution in [0.1, 0.15) is 40.3 Å². The maximum absolute atomic E-state index is 12.5. The summed E-state index contributed by atoms with van der Waals surface area (Å²) >= 11 is 1.46. The lowest BCUT2D eigenvalue weighted by Gasteiger charge is -2.35. The lowest BCUT2D eigenvalue weighted by Crippen LogP contribution is -2.48. The maximum Gasteiger partial charge on any atom is 0.263 e. The molecule has 3 aromatic rings. The number of nitrogens with one attached hydrogen (secondary N) is 1. The molecule has 1 fully saturated rings. The van der Waals surface area contributed by atoms with E-state index in [2.05, 4.69) is 16.3 Å². The van der Waals surface area contributed by atoms with Crippen LogP contribution in [0.2, 0.25) is 0 Å². The van der Waals surface area contributed by atoms with Gasteiger partial charge in [-0.3, -0.25) is 4.79 Å². The largest absolute Gasteiger partial charge is 0.464 e. The highest BCUT2D eigenvalue weighted by molar-refractivity contribution is 7.17. The lowest BCUT2D eigenvalue weighted by molar-refractivity contribution is 0.0900. The standard InChI is InChI=1S/C22H22N4O3S/c1-22(2)9-17-19(20(27)25-22)30-21(24-17)26-5-6-28-12-15(26)8-14-11-29-18-4-3-13(10-23)7-16(14)18/h3-4,7,11,15H,5-6,8-9,12H2,1-2H3,(H,25,27)/t15-/m0/s1. The van der Waals surface area contributed by atoms with Crippen LogP contribution in [0.3, 0.4) is 0 Å². The Bertz CT molecular complexity index is 1170. The van der Waals surface area contributed by atoms with E-state index < -0.39 is 0 Å². The van der Waals surface area contributed by atoms with Gasteiger partial charge < -0.3 is 19.4 Å². The molecule has 1 atom stereocenters. The van der Waals surface area contributed by atoms with Gasteiger partial charge in [0.15, 0.2) is 5.13 Å². The number of anilines is 1. The second kappa shape index (κ2) is 7.11. The lowest BCUT2D eigenvalue weighted by atomic mass is 9.94. The molecule has 1 aromatic carbocycles. The van der Waals surface area contributed by atoms with Crippen LogP contribution in [-0.2, 0) is 17.6 Å². The van der Waals surface area contributed by atoms with Crippen molar-refractivity contribution < 1.29 is 13.9 Å². The minimum absolute atomic E-state index is 0.0420. The topological polar surface area (TPSA) is 91.4 Å². The number of amides is 1. The van der Waals surface area contributed by atoms with Gasteiger partial charge in [0.1, 0.15) is 10.5 Å². The van der Waals surface area contributed by atoms with E-state index in [1.807, 2.05) is 26.0 Å². The molecule has 0 bridgehead atoms. The molecule has 1 amide bonds. The summed E-state index contributed by atoms with van der Waals surface area (Å²) in [5, 5.41) is 14.1. The fraction of sp³-hybridized carbons (Fsp3) is 0.409. The van der Waals surface area contributed by atoms with Crippen LogP contribution in [0.15, 0.2) is 28.9 Å². The zero-order valence-corrected chi connectivity index (χ0v) is 17.7. The number of thiazole rings is 1. The van der Waals surface area contributed by atoms with E-state index in [1.165, 1.54) is 11.3 Å². The second-order valence-electron chi connectivity index (χ2n) is 8.50. The average molecular weight is 423 g/mol. The number of hydrogen-bond acceptors (Lipinski definition) is 7. The van der Waals surface area contributed by atoms with E-state index in [4.69, 9.17) is 14.1 Å². The molecule has 4 heterocycles. The summed E-state index contributed by atoms with van der Waals surface area (Å²) < 4.78 is 11.5. The van der Waals surface area contributed by atoms with Crippen LogP contribution >= 0.6 is 11.3 Å². The third-order valence-corrected chi connectivity index (χ3v) is 6.80. The van der Waals surface area contributed by atoms with Crippen LogP contribution in [0.5, 0.6) is 0 Å². The van der Waals surface area contributed by atoms with Crippen LogP contribution in [0, 0.1) is 11.3 Å². The molecule has 1 saturated heterocycles. The van der Waals surface area contributed by atoms with E-state index in [1.54, 1.807) is 12.3 Å². The SMILES string of the molecule is CC1(C)Cc2nc(N3CCOC[C@@H]3Cc3coc4ccc(C#N)cc34)sc2C(=O)N1. The molecular formula is C22H22N4O3S. The molecule has 8 heteroatoms. The van der Waals surface area contributed by atoms with E-state index in [-0.39, 0.29) is 17.5 Å². The Morgan fingerprint density at radius 3 is 3.13 bits per heavy atom. The summed E-state index contributed by atoms with van der Waals surface area (Å²) in [5.74, 6) is -0.0420. The number of rotatable bonds is 3. The van der Waals surface area contributed by atoms with Crippen LogP contribution in [-0.4, -0.2) is 42.2 Å². The summed E-state index contributed by atoms with van der Waals surface area (Å²) in [4.78, 5) is 20.3. The zero-order valence-electron chi connectivity index (χ0n) is 16.9. The number of aromatic nitrogens is 1. The first-order valence-corrected chi connectivity index (χ1v) is 10.8. The predicted molar refractivity (Wildman–Crippen MR) is 114 cm³/mol. The van der Waals surface area contributed by atoms with Crippen LogP contribution < -0.4 is 10.2 Å². The van der Waals surface area contributed by atoms with Gasteiger partial charge in [0.05, 0.1) is 42.8 Å². The first-order valence-electron chi connectivity index (χ1n) is 10.0. The number of fused-ring (bicyclic) bond motifs is 2. The minimum Gasteiger partial charge on any atom is -0.464 e. The van der Waals surface area contributed by atoms with Gasteiger partial charge in [0.2, 0.25) is 0 Å². The highest BCUT2D eigenvalue weighted by Crippen LogP contribution is 2.34. The van der Waals surface area contributed by atoms with Crippen LogP contribution in [0.4, 0.5) is 5.13 Å². The summed E-state index contributed by atoms with van der Waals surface area (Å²) in [6.07, 6.45) is 3.20. The van der Waals surface area contributed by atoms with Crippen molar-refractivity contribution >= 4 is 33.3 Å². The van der Waals surface area contributed by atoms with Gasteiger partial charge in [-0.05, 0) is 38.5 Å². The first kappa shape index (κ1) is 19.1. The monoisotopic (exact) mass is 422 g/mol. The summed E-state index contributed by atoms with van der Waals surface area (Å²) in [5.41, 5.74) is 3.02. The number of ether oxygens (including phenoxy) is 1. The smallest absolute Gasteiger partial charge is 0.263 e. The normalized spacial score (nSPS) is 20.6. The van der Waals surface area contributed by atoms with Crippen molar-refractivity contribution in [3.63, 3.8) is 0 Å². The molecule has 0 saturated carbocycles. The number of benzene rings is 1. The first-order chi connectivity index (χ1) is 14.4. The second-order valence-corrected chi connectivity index (χ2v) is 9.47. The van der Waals surface area contributed by atoms with Crippen molar-refractivity contribution in [2.75, 3.05) is 24.7 Å². The number of furan rings is 1. The van der Waals surface area contributed by atoms with Gasteiger partial charge in [0, 0.05) is 29.5 Å². The fourth-order valence-electron chi connectivity index (χ4n) is 4.23. The van der Waals surface area contributed by atoms with Gasteiger partial charge in [-0.15, -0.1) is 0 Å². The molecule has 2 aliphatic rings. The Balaban J connectivity index is 1.45. The third-order valence-electron chi connectivity index (χ3n) is 5.67. The molecule has 5 rings (SSSR count). The third kappa shape index (κ3) is 3.34. The number of nitrogens with zero attached hydrogens (tertiary/aromatic N) is 3.